The van der Waals surface area contributed by atoms with Gasteiger partial charge in [-0.3, -0.25) is 4.90 Å². The maximum absolute atomic E-state index is 9.23. The number of hydrogen-bond acceptors (Lipinski definition) is 4. The van der Waals surface area contributed by atoms with Crippen molar-refractivity contribution in [2.45, 2.75) is 38.3 Å². The van der Waals surface area contributed by atoms with Gasteiger partial charge in [-0.1, -0.05) is 28.9 Å². The average molecular weight is 335 g/mol. The second-order valence-electron chi connectivity index (χ2n) is 6.46. The second-order valence-corrected chi connectivity index (χ2v) is 6.89. The molecule has 0 amide bonds. The molecule has 1 aliphatic carbocycles. The van der Waals surface area contributed by atoms with E-state index in [4.69, 9.17) is 16.1 Å². The molecule has 4 nitrogen and oxygen atoms in total. The van der Waals surface area contributed by atoms with Crippen molar-refractivity contribution in [1.82, 2.24) is 10.1 Å². The van der Waals surface area contributed by atoms with E-state index in [0.29, 0.717) is 18.6 Å². The van der Waals surface area contributed by atoms with E-state index in [1.54, 1.807) is 0 Å². The Bertz CT molecular complexity index is 618. The van der Waals surface area contributed by atoms with Crippen LogP contribution in [-0.4, -0.2) is 34.9 Å². The van der Waals surface area contributed by atoms with Crippen LogP contribution in [0.3, 0.4) is 0 Å². The molecule has 1 aromatic heterocycles. The Kier molecular flexibility index (Phi) is 5.36. The fourth-order valence-corrected chi connectivity index (χ4v) is 3.41. The summed E-state index contributed by atoms with van der Waals surface area (Å²) < 4.78 is 5.49. The zero-order valence-corrected chi connectivity index (χ0v) is 14.2. The Labute approximate surface area is 142 Å². The zero-order chi connectivity index (χ0) is 16.2. The first-order valence-corrected chi connectivity index (χ1v) is 8.56. The third-order valence-corrected chi connectivity index (χ3v) is 5.05. The summed E-state index contributed by atoms with van der Waals surface area (Å²) in [5.74, 6) is 1.36. The lowest BCUT2D eigenvalue weighted by atomic mass is 9.86. The molecule has 1 heterocycles. The summed E-state index contributed by atoms with van der Waals surface area (Å²) in [6, 6.07) is 10.2. The van der Waals surface area contributed by atoms with Crippen molar-refractivity contribution < 1.29 is 9.63 Å². The van der Waals surface area contributed by atoms with Crippen LogP contribution in [0.5, 0.6) is 0 Å². The molecular weight excluding hydrogens is 312 g/mol. The van der Waals surface area contributed by atoms with E-state index in [0.717, 1.165) is 54.3 Å². The minimum atomic E-state index is 0.322. The molecule has 23 heavy (non-hydrogen) atoms. The highest BCUT2D eigenvalue weighted by molar-refractivity contribution is 6.30. The summed E-state index contributed by atoms with van der Waals surface area (Å²) in [4.78, 5) is 2.33. The van der Waals surface area contributed by atoms with Gasteiger partial charge in [-0.05, 0) is 50.8 Å². The molecule has 0 spiro atoms. The van der Waals surface area contributed by atoms with Gasteiger partial charge in [0.05, 0.1) is 6.54 Å². The summed E-state index contributed by atoms with van der Waals surface area (Å²) >= 11 is 5.91. The zero-order valence-electron chi connectivity index (χ0n) is 13.4. The Hall–Kier alpha value is -1.36. The average Bonchev–Trinajstić information content (AvgIpc) is 3.04. The highest BCUT2D eigenvalue weighted by Crippen LogP contribution is 2.28. The van der Waals surface area contributed by atoms with Gasteiger partial charge in [-0.25, -0.2) is 0 Å². The van der Waals surface area contributed by atoms with Crippen molar-refractivity contribution >= 4 is 11.6 Å². The Morgan fingerprint density at radius 3 is 2.57 bits per heavy atom. The second kappa shape index (κ2) is 7.47. The fourth-order valence-electron chi connectivity index (χ4n) is 3.29. The maximum Gasteiger partial charge on any atom is 0.151 e. The van der Waals surface area contributed by atoms with Crippen LogP contribution >= 0.6 is 11.6 Å². The first-order chi connectivity index (χ1) is 11.2. The van der Waals surface area contributed by atoms with E-state index < -0.39 is 0 Å². The molecule has 0 aliphatic heterocycles. The molecule has 124 valence electrons. The van der Waals surface area contributed by atoms with Crippen molar-refractivity contribution in [3.05, 3.63) is 41.1 Å². The predicted octanol–water partition coefficient (Wildman–Crippen LogP) is 3.98. The molecule has 1 N–H and O–H groups in total. The summed E-state index contributed by atoms with van der Waals surface area (Å²) in [5.41, 5.74) is 1.85. The molecule has 0 unspecified atom stereocenters. The highest BCUT2D eigenvalue weighted by atomic mass is 35.5. The van der Waals surface area contributed by atoms with Gasteiger partial charge in [0.2, 0.25) is 0 Å². The van der Waals surface area contributed by atoms with Crippen LogP contribution in [0.4, 0.5) is 0 Å². The molecule has 0 atom stereocenters. The molecule has 0 radical (unpaired) electrons. The third-order valence-electron chi connectivity index (χ3n) is 4.80. The lowest BCUT2D eigenvalue weighted by Crippen LogP contribution is -2.35. The molecule has 0 saturated heterocycles. The van der Waals surface area contributed by atoms with Gasteiger partial charge in [0.25, 0.3) is 0 Å². The van der Waals surface area contributed by atoms with Gasteiger partial charge in [-0.2, -0.15) is 0 Å². The quantitative estimate of drug-likeness (QED) is 0.898. The van der Waals surface area contributed by atoms with Gasteiger partial charge in [-0.15, -0.1) is 0 Å². The summed E-state index contributed by atoms with van der Waals surface area (Å²) in [6.07, 6.45) is 4.50. The van der Waals surface area contributed by atoms with E-state index in [-0.39, 0.29) is 0 Å². The number of nitrogens with zero attached hydrogens (tertiary/aromatic N) is 2. The van der Waals surface area contributed by atoms with Crippen molar-refractivity contribution in [3.8, 4) is 11.3 Å². The molecule has 0 bridgehead atoms. The van der Waals surface area contributed by atoms with Gasteiger partial charge in [0, 0.05) is 29.3 Å². The predicted molar refractivity (Wildman–Crippen MR) is 91.2 cm³/mol. The van der Waals surface area contributed by atoms with Crippen LogP contribution in [0.25, 0.3) is 11.3 Å². The summed E-state index contributed by atoms with van der Waals surface area (Å²) in [6.45, 7) is 1.08. The van der Waals surface area contributed by atoms with Crippen LogP contribution in [0.15, 0.2) is 34.9 Å². The Balaban J connectivity index is 1.59. The van der Waals surface area contributed by atoms with Crippen LogP contribution in [0.2, 0.25) is 5.02 Å². The number of aliphatic hydroxyl groups excluding tert-OH is 1. The monoisotopic (exact) mass is 334 g/mol. The van der Waals surface area contributed by atoms with E-state index in [2.05, 4.69) is 17.1 Å². The summed E-state index contributed by atoms with van der Waals surface area (Å²) in [5, 5.41) is 14.1. The van der Waals surface area contributed by atoms with Crippen LogP contribution < -0.4 is 0 Å². The first kappa shape index (κ1) is 16.5. The smallest absolute Gasteiger partial charge is 0.151 e. The minimum Gasteiger partial charge on any atom is -0.396 e. The molecular formula is C18H23ClN2O2. The number of benzene rings is 1. The normalized spacial score (nSPS) is 21.7. The number of aromatic nitrogens is 1. The van der Waals surface area contributed by atoms with Crippen LogP contribution in [0, 0.1) is 5.92 Å². The van der Waals surface area contributed by atoms with Crippen molar-refractivity contribution in [2.75, 3.05) is 13.7 Å². The number of rotatable bonds is 5. The molecule has 1 fully saturated rings. The van der Waals surface area contributed by atoms with Crippen LogP contribution in [0.1, 0.15) is 31.4 Å². The number of hydrogen-bond donors (Lipinski definition) is 1. The fraction of sp³-hybridized carbons (Fsp3) is 0.500. The highest BCUT2D eigenvalue weighted by Gasteiger charge is 2.24. The van der Waals surface area contributed by atoms with E-state index in [1.165, 1.54) is 0 Å². The van der Waals surface area contributed by atoms with E-state index in [9.17, 15) is 5.11 Å². The lowest BCUT2D eigenvalue weighted by Gasteiger charge is -2.33. The van der Waals surface area contributed by atoms with Gasteiger partial charge >= 0.3 is 0 Å². The minimum absolute atomic E-state index is 0.322. The van der Waals surface area contributed by atoms with Gasteiger partial charge in [0.15, 0.2) is 5.76 Å². The maximum atomic E-state index is 9.23. The Morgan fingerprint density at radius 2 is 1.91 bits per heavy atom. The van der Waals surface area contributed by atoms with Gasteiger partial charge in [0.1, 0.15) is 5.69 Å². The molecule has 1 aliphatic rings. The number of halogens is 1. The largest absolute Gasteiger partial charge is 0.396 e. The van der Waals surface area contributed by atoms with Gasteiger partial charge < -0.3 is 9.63 Å². The van der Waals surface area contributed by atoms with E-state index in [1.807, 2.05) is 30.3 Å². The summed E-state index contributed by atoms with van der Waals surface area (Å²) in [7, 11) is 2.13. The van der Waals surface area contributed by atoms with Crippen molar-refractivity contribution in [1.29, 1.82) is 0 Å². The topological polar surface area (TPSA) is 49.5 Å². The SMILES string of the molecule is CN(Cc1cc(-c2ccc(Cl)cc2)no1)C1CCC(CO)CC1. The molecule has 1 aromatic carbocycles. The van der Waals surface area contributed by atoms with Crippen LogP contribution in [-0.2, 0) is 6.54 Å². The Morgan fingerprint density at radius 1 is 1.22 bits per heavy atom. The van der Waals surface area contributed by atoms with Crippen molar-refractivity contribution in [2.24, 2.45) is 5.92 Å². The molecule has 1 saturated carbocycles. The first-order valence-electron chi connectivity index (χ1n) is 8.18. The standard InChI is InChI=1S/C18H23ClN2O2/c1-21(16-8-2-13(12-22)3-9-16)11-17-10-18(20-23-17)14-4-6-15(19)7-5-14/h4-7,10,13,16,22H,2-3,8-9,11-12H2,1H3. The molecule has 5 heteroatoms. The molecule has 2 aromatic rings. The van der Waals surface area contributed by atoms with Crippen molar-refractivity contribution in [3.63, 3.8) is 0 Å². The molecule has 3 rings (SSSR count). The third kappa shape index (κ3) is 4.14. The van der Waals surface area contributed by atoms with E-state index >= 15 is 0 Å². The number of aliphatic hydroxyl groups is 1. The lowest BCUT2D eigenvalue weighted by molar-refractivity contribution is 0.117.